The first-order valence-corrected chi connectivity index (χ1v) is 11.2. The van der Waals surface area contributed by atoms with Crippen LogP contribution in [0.3, 0.4) is 0 Å². The number of rotatable bonds is 5. The zero-order chi connectivity index (χ0) is 24.1. The maximum atomic E-state index is 13.1. The predicted octanol–water partition coefficient (Wildman–Crippen LogP) is 7.23. The minimum Gasteiger partial charge on any atom is -0.456 e. The molecule has 0 saturated heterocycles. The first kappa shape index (κ1) is 23.0. The third-order valence-electron chi connectivity index (χ3n) is 5.25. The molecule has 4 aromatic rings. The minimum atomic E-state index is -0.649. The summed E-state index contributed by atoms with van der Waals surface area (Å²) in [6, 6.07) is 32.6. The summed E-state index contributed by atoms with van der Waals surface area (Å²) in [6.07, 6.45) is 0. The van der Waals surface area contributed by atoms with E-state index >= 15 is 0 Å². The Morgan fingerprint density at radius 1 is 0.647 bits per heavy atom. The molecule has 0 spiro atoms. The van der Waals surface area contributed by atoms with Gasteiger partial charge in [0.2, 0.25) is 0 Å². The molecule has 0 saturated carbocycles. The maximum absolute atomic E-state index is 13.1. The number of nitrogens with one attached hydrogen (secondary N) is 1. The molecule has 1 amide bonds. The fraction of sp³-hybridized carbons (Fsp3) is 0.133. The first-order chi connectivity index (χ1) is 16.3. The van der Waals surface area contributed by atoms with Crippen LogP contribution in [0.2, 0.25) is 0 Å². The topological polar surface area (TPSA) is 55.4 Å². The quantitative estimate of drug-likeness (QED) is 0.327. The Morgan fingerprint density at radius 2 is 1.15 bits per heavy atom. The fourth-order valence-electron chi connectivity index (χ4n) is 3.61. The number of anilines is 1. The Kier molecular flexibility index (Phi) is 6.60. The van der Waals surface area contributed by atoms with Gasteiger partial charge in [0.25, 0.3) is 5.91 Å². The molecule has 0 unspecified atom stereocenters. The smallest absolute Gasteiger partial charge is 0.340 e. The molecule has 34 heavy (non-hydrogen) atoms. The van der Waals surface area contributed by atoms with Crippen molar-refractivity contribution >= 4 is 17.6 Å². The Hall–Kier alpha value is -4.18. The molecule has 0 aliphatic rings. The van der Waals surface area contributed by atoms with Gasteiger partial charge in [-0.25, -0.2) is 4.79 Å². The summed E-state index contributed by atoms with van der Waals surface area (Å²) in [7, 11) is 0. The number of benzene rings is 4. The predicted molar refractivity (Wildman–Crippen MR) is 137 cm³/mol. The highest BCUT2D eigenvalue weighted by Crippen LogP contribution is 2.28. The van der Waals surface area contributed by atoms with Crippen molar-refractivity contribution in [2.45, 2.75) is 26.4 Å². The fourth-order valence-corrected chi connectivity index (χ4v) is 3.61. The molecule has 0 heterocycles. The molecule has 0 atom stereocenters. The van der Waals surface area contributed by atoms with Crippen molar-refractivity contribution < 1.29 is 14.3 Å². The summed E-state index contributed by atoms with van der Waals surface area (Å²) >= 11 is 0. The van der Waals surface area contributed by atoms with Gasteiger partial charge in [-0.3, -0.25) is 4.79 Å². The molecule has 0 aliphatic heterocycles. The van der Waals surface area contributed by atoms with Gasteiger partial charge >= 0.3 is 5.97 Å². The monoisotopic (exact) mass is 449 g/mol. The standard InChI is InChI=1S/C30H27NO3/c1-30(2,3)34-29(33)26-19-18-25(22-12-8-5-9-13-22)20-27(26)31-28(32)24-16-14-23(15-17-24)21-10-6-4-7-11-21/h4-20H,1-3H3,(H,31,32). The minimum absolute atomic E-state index is 0.297. The number of amides is 1. The summed E-state index contributed by atoms with van der Waals surface area (Å²) in [5, 5.41) is 2.92. The van der Waals surface area contributed by atoms with E-state index in [1.165, 1.54) is 0 Å². The second-order valence-corrected chi connectivity index (χ2v) is 9.03. The van der Waals surface area contributed by atoms with Crippen LogP contribution in [0.4, 0.5) is 5.69 Å². The lowest BCUT2D eigenvalue weighted by molar-refractivity contribution is 0.00708. The molecule has 170 valence electrons. The molecule has 0 fully saturated rings. The van der Waals surface area contributed by atoms with Gasteiger partial charge in [0.05, 0.1) is 11.3 Å². The Labute approximate surface area is 200 Å². The molecule has 0 radical (unpaired) electrons. The number of carbonyl (C=O) groups excluding carboxylic acids is 2. The van der Waals surface area contributed by atoms with Crippen molar-refractivity contribution in [3.05, 3.63) is 114 Å². The van der Waals surface area contributed by atoms with Crippen molar-refractivity contribution in [2.75, 3.05) is 5.32 Å². The van der Waals surface area contributed by atoms with Crippen molar-refractivity contribution in [3.63, 3.8) is 0 Å². The normalized spacial score (nSPS) is 11.0. The summed E-state index contributed by atoms with van der Waals surface area (Å²) in [5.41, 5.74) is 4.55. The van der Waals surface area contributed by atoms with E-state index < -0.39 is 11.6 Å². The molecule has 0 aromatic heterocycles. The van der Waals surface area contributed by atoms with E-state index in [0.29, 0.717) is 16.8 Å². The third kappa shape index (κ3) is 5.59. The SMILES string of the molecule is CC(C)(C)OC(=O)c1ccc(-c2ccccc2)cc1NC(=O)c1ccc(-c2ccccc2)cc1. The highest BCUT2D eigenvalue weighted by molar-refractivity contribution is 6.08. The second-order valence-electron chi connectivity index (χ2n) is 9.03. The van der Waals surface area contributed by atoms with Gasteiger partial charge in [0, 0.05) is 5.56 Å². The van der Waals surface area contributed by atoms with Crippen LogP contribution in [0.5, 0.6) is 0 Å². The van der Waals surface area contributed by atoms with Crippen molar-refractivity contribution in [3.8, 4) is 22.3 Å². The zero-order valence-electron chi connectivity index (χ0n) is 19.5. The molecule has 4 heteroatoms. The van der Waals surface area contributed by atoms with Crippen LogP contribution in [0, 0.1) is 0 Å². The molecule has 0 aliphatic carbocycles. The average Bonchev–Trinajstić information content (AvgIpc) is 2.84. The number of ether oxygens (including phenoxy) is 1. The van der Waals surface area contributed by atoms with Gasteiger partial charge in [-0.05, 0) is 67.3 Å². The number of carbonyl (C=O) groups is 2. The maximum Gasteiger partial charge on any atom is 0.340 e. The van der Waals surface area contributed by atoms with Crippen molar-refractivity contribution in [1.82, 2.24) is 0 Å². The van der Waals surface area contributed by atoms with Crippen LogP contribution in [-0.2, 0) is 4.74 Å². The molecule has 1 N–H and O–H groups in total. The average molecular weight is 450 g/mol. The highest BCUT2D eigenvalue weighted by atomic mass is 16.6. The third-order valence-corrected chi connectivity index (χ3v) is 5.25. The van der Waals surface area contributed by atoms with Gasteiger partial charge in [0.15, 0.2) is 0 Å². The lowest BCUT2D eigenvalue weighted by Crippen LogP contribution is -2.25. The largest absolute Gasteiger partial charge is 0.456 e. The van der Waals surface area contributed by atoms with Crippen molar-refractivity contribution in [1.29, 1.82) is 0 Å². The molecule has 0 bridgehead atoms. The lowest BCUT2D eigenvalue weighted by atomic mass is 10.0. The van der Waals surface area contributed by atoms with Gasteiger partial charge < -0.3 is 10.1 Å². The number of esters is 1. The van der Waals surface area contributed by atoms with E-state index in [1.54, 1.807) is 18.2 Å². The Morgan fingerprint density at radius 3 is 1.71 bits per heavy atom. The van der Waals surface area contributed by atoms with Crippen LogP contribution < -0.4 is 5.32 Å². The van der Waals surface area contributed by atoms with E-state index in [-0.39, 0.29) is 5.91 Å². The molecule has 4 rings (SSSR count). The number of hydrogen-bond acceptors (Lipinski definition) is 3. The lowest BCUT2D eigenvalue weighted by Gasteiger charge is -2.21. The van der Waals surface area contributed by atoms with Gasteiger partial charge in [-0.1, -0.05) is 78.9 Å². The van der Waals surface area contributed by atoms with Gasteiger partial charge in [-0.15, -0.1) is 0 Å². The van der Waals surface area contributed by atoms with Crippen LogP contribution in [-0.4, -0.2) is 17.5 Å². The van der Waals surface area contributed by atoms with Crippen LogP contribution >= 0.6 is 0 Å². The van der Waals surface area contributed by atoms with E-state index in [0.717, 1.165) is 22.3 Å². The molecule has 4 aromatic carbocycles. The summed E-state index contributed by atoms with van der Waals surface area (Å²) in [4.78, 5) is 26.0. The zero-order valence-corrected chi connectivity index (χ0v) is 19.5. The summed E-state index contributed by atoms with van der Waals surface area (Å²) in [5.74, 6) is -0.781. The van der Waals surface area contributed by atoms with E-state index in [1.807, 2.05) is 106 Å². The van der Waals surface area contributed by atoms with Crippen molar-refractivity contribution in [2.24, 2.45) is 0 Å². The van der Waals surface area contributed by atoms with Crippen LogP contribution in [0.25, 0.3) is 22.3 Å². The van der Waals surface area contributed by atoms with Gasteiger partial charge in [0.1, 0.15) is 5.60 Å². The molecule has 4 nitrogen and oxygen atoms in total. The van der Waals surface area contributed by atoms with E-state index in [4.69, 9.17) is 4.74 Å². The Balaban J connectivity index is 1.64. The van der Waals surface area contributed by atoms with Crippen LogP contribution in [0.15, 0.2) is 103 Å². The van der Waals surface area contributed by atoms with Gasteiger partial charge in [-0.2, -0.15) is 0 Å². The van der Waals surface area contributed by atoms with E-state index in [2.05, 4.69) is 5.32 Å². The summed E-state index contributed by atoms with van der Waals surface area (Å²) in [6.45, 7) is 5.45. The van der Waals surface area contributed by atoms with E-state index in [9.17, 15) is 9.59 Å². The second kappa shape index (κ2) is 9.75. The summed E-state index contributed by atoms with van der Waals surface area (Å²) < 4.78 is 5.57. The Bertz CT molecular complexity index is 1290. The number of hydrogen-bond donors (Lipinski definition) is 1. The highest BCUT2D eigenvalue weighted by Gasteiger charge is 2.22. The first-order valence-electron chi connectivity index (χ1n) is 11.2. The molecular weight excluding hydrogens is 422 g/mol. The van der Waals surface area contributed by atoms with Crippen LogP contribution in [0.1, 0.15) is 41.5 Å². The molecular formula is C30H27NO3.